The Labute approximate surface area is 186 Å². The number of benzene rings is 2. The van der Waals surface area contributed by atoms with Gasteiger partial charge in [-0.1, -0.05) is 35.9 Å². The lowest BCUT2D eigenvalue weighted by Gasteiger charge is -2.12. The Morgan fingerprint density at radius 2 is 1.59 bits per heavy atom. The maximum atomic E-state index is 13.4. The van der Waals surface area contributed by atoms with Crippen molar-refractivity contribution in [3.8, 4) is 5.88 Å². The molecular weight excluding hydrogens is 452 g/mol. The molecule has 2 aromatic carbocycles. The molecule has 0 radical (unpaired) electrons. The van der Waals surface area contributed by atoms with Gasteiger partial charge in [0.25, 0.3) is 10.0 Å². The molecule has 0 amide bonds. The highest BCUT2D eigenvalue weighted by Crippen LogP contribution is 2.32. The van der Waals surface area contributed by atoms with E-state index in [0.717, 1.165) is 9.54 Å². The summed E-state index contributed by atoms with van der Waals surface area (Å²) in [4.78, 5) is 4.13. The predicted molar refractivity (Wildman–Crippen MR) is 118 cm³/mol. The minimum atomic E-state index is -4.30. The van der Waals surface area contributed by atoms with Gasteiger partial charge in [0.2, 0.25) is 5.88 Å². The number of hydrogen-bond acceptors (Lipinski definition) is 7. The summed E-state index contributed by atoms with van der Waals surface area (Å²) in [6, 6.07) is 16.7. The maximum Gasteiger partial charge on any atom is 0.340 e. The van der Waals surface area contributed by atoms with Crippen molar-refractivity contribution in [2.75, 3.05) is 7.11 Å². The third kappa shape index (κ3) is 4.12. The number of aromatic nitrogens is 2. The van der Waals surface area contributed by atoms with Crippen molar-refractivity contribution in [2.45, 2.75) is 23.3 Å². The molecule has 0 bridgehead atoms. The summed E-state index contributed by atoms with van der Waals surface area (Å²) >= 11 is 0. The summed E-state index contributed by atoms with van der Waals surface area (Å²) in [5, 5.41) is 0.396. The molecule has 0 aliphatic rings. The summed E-state index contributed by atoms with van der Waals surface area (Å²) in [6.07, 6.45) is 1.47. The monoisotopic (exact) mass is 472 g/mol. The largest absolute Gasteiger partial charge is 0.380 e. The minimum absolute atomic E-state index is 0.0298. The van der Waals surface area contributed by atoms with Gasteiger partial charge in [-0.2, -0.15) is 12.4 Å². The molecule has 0 aliphatic carbocycles. The SMILES string of the molecule is COCc1cnc2c(c1)cc(OS(=O)(=O)c1ccc(C)cc1)n2S(=O)(=O)c1ccccc1. The van der Waals surface area contributed by atoms with Crippen LogP contribution in [0.4, 0.5) is 0 Å². The third-order valence-corrected chi connectivity index (χ3v) is 7.66. The van der Waals surface area contributed by atoms with Gasteiger partial charge in [0, 0.05) is 24.8 Å². The van der Waals surface area contributed by atoms with E-state index in [1.807, 2.05) is 6.92 Å². The van der Waals surface area contributed by atoms with Crippen molar-refractivity contribution in [3.63, 3.8) is 0 Å². The molecule has 4 rings (SSSR count). The summed E-state index contributed by atoms with van der Waals surface area (Å²) < 4.78 is 63.9. The number of pyridine rings is 1. The Bertz CT molecular complexity index is 1480. The van der Waals surface area contributed by atoms with E-state index in [0.29, 0.717) is 10.9 Å². The van der Waals surface area contributed by atoms with Crippen LogP contribution in [0.1, 0.15) is 11.1 Å². The second-order valence-electron chi connectivity index (χ2n) is 7.10. The fourth-order valence-corrected chi connectivity index (χ4v) is 5.57. The van der Waals surface area contributed by atoms with Gasteiger partial charge >= 0.3 is 10.1 Å². The molecule has 2 aromatic heterocycles. The lowest BCUT2D eigenvalue weighted by molar-refractivity contribution is 0.184. The first-order valence-electron chi connectivity index (χ1n) is 9.53. The number of aryl methyl sites for hydroxylation is 1. The van der Waals surface area contributed by atoms with Gasteiger partial charge in [0.1, 0.15) is 4.90 Å². The molecule has 10 heteroatoms. The highest BCUT2D eigenvalue weighted by atomic mass is 32.2. The molecule has 0 saturated carbocycles. The summed E-state index contributed by atoms with van der Waals surface area (Å²) in [6.45, 7) is 2.09. The fourth-order valence-electron chi connectivity index (χ4n) is 3.19. The number of hydrogen-bond donors (Lipinski definition) is 0. The Hall–Kier alpha value is -3.21. The quantitative estimate of drug-likeness (QED) is 0.379. The normalized spacial score (nSPS) is 12.2. The third-order valence-electron chi connectivity index (χ3n) is 4.72. The van der Waals surface area contributed by atoms with Gasteiger partial charge in [0.15, 0.2) is 5.65 Å². The molecule has 2 heterocycles. The van der Waals surface area contributed by atoms with E-state index in [-0.39, 0.29) is 27.9 Å². The van der Waals surface area contributed by atoms with Crippen LogP contribution in [0.3, 0.4) is 0 Å². The predicted octanol–water partition coefficient (Wildman–Crippen LogP) is 3.50. The molecule has 8 nitrogen and oxygen atoms in total. The van der Waals surface area contributed by atoms with Crippen LogP contribution in [0.5, 0.6) is 5.88 Å². The Morgan fingerprint density at radius 3 is 2.25 bits per heavy atom. The maximum absolute atomic E-state index is 13.4. The molecule has 0 atom stereocenters. The average Bonchev–Trinajstić information content (AvgIpc) is 3.12. The first-order chi connectivity index (χ1) is 15.2. The van der Waals surface area contributed by atoms with E-state index in [4.69, 9.17) is 8.92 Å². The molecule has 0 saturated heterocycles. The number of rotatable bonds is 7. The number of methoxy groups -OCH3 is 1. The van der Waals surface area contributed by atoms with Gasteiger partial charge in [-0.3, -0.25) is 0 Å². The van der Waals surface area contributed by atoms with Crippen LogP contribution in [0.2, 0.25) is 0 Å². The molecular formula is C22H20N2O6S2. The van der Waals surface area contributed by atoms with Crippen molar-refractivity contribution < 1.29 is 25.8 Å². The first-order valence-corrected chi connectivity index (χ1v) is 12.4. The zero-order valence-electron chi connectivity index (χ0n) is 17.3. The zero-order chi connectivity index (χ0) is 22.9. The fraction of sp³-hybridized carbons (Fsp3) is 0.136. The van der Waals surface area contributed by atoms with Crippen LogP contribution >= 0.6 is 0 Å². The van der Waals surface area contributed by atoms with Crippen molar-refractivity contribution in [1.82, 2.24) is 8.96 Å². The van der Waals surface area contributed by atoms with Gasteiger partial charge in [-0.15, -0.1) is 0 Å². The van der Waals surface area contributed by atoms with Crippen molar-refractivity contribution >= 4 is 31.2 Å². The summed E-state index contributed by atoms with van der Waals surface area (Å²) in [5.41, 5.74) is 1.62. The van der Waals surface area contributed by atoms with Crippen LogP contribution in [-0.2, 0) is 31.5 Å². The van der Waals surface area contributed by atoms with E-state index in [1.54, 1.807) is 36.4 Å². The second kappa shape index (κ2) is 8.38. The van der Waals surface area contributed by atoms with E-state index in [9.17, 15) is 16.8 Å². The van der Waals surface area contributed by atoms with Crippen LogP contribution in [0.15, 0.2) is 82.7 Å². The van der Waals surface area contributed by atoms with Crippen LogP contribution < -0.4 is 4.18 Å². The molecule has 0 fully saturated rings. The lowest BCUT2D eigenvalue weighted by Crippen LogP contribution is -2.18. The molecule has 0 N–H and O–H groups in total. The van der Waals surface area contributed by atoms with Crippen molar-refractivity contribution in [3.05, 3.63) is 84.1 Å². The first kappa shape index (κ1) is 22.0. The molecule has 32 heavy (non-hydrogen) atoms. The van der Waals surface area contributed by atoms with E-state index < -0.39 is 20.1 Å². The molecule has 4 aromatic rings. The van der Waals surface area contributed by atoms with Gasteiger partial charge in [0.05, 0.1) is 11.5 Å². The molecule has 0 spiro atoms. The molecule has 166 valence electrons. The van der Waals surface area contributed by atoms with E-state index in [2.05, 4.69) is 4.98 Å². The van der Waals surface area contributed by atoms with Gasteiger partial charge in [-0.05, 0) is 42.8 Å². The average molecular weight is 473 g/mol. The Kier molecular flexibility index (Phi) is 5.76. The smallest absolute Gasteiger partial charge is 0.340 e. The topological polar surface area (TPSA) is 105 Å². The lowest BCUT2D eigenvalue weighted by atomic mass is 10.2. The van der Waals surface area contributed by atoms with Crippen molar-refractivity contribution in [2.24, 2.45) is 0 Å². The highest BCUT2D eigenvalue weighted by Gasteiger charge is 2.28. The van der Waals surface area contributed by atoms with Gasteiger partial charge < -0.3 is 8.92 Å². The van der Waals surface area contributed by atoms with Crippen LogP contribution in [0.25, 0.3) is 11.0 Å². The summed E-state index contributed by atoms with van der Waals surface area (Å²) in [5.74, 6) is -0.383. The van der Waals surface area contributed by atoms with Crippen molar-refractivity contribution in [1.29, 1.82) is 0 Å². The second-order valence-corrected chi connectivity index (χ2v) is 10.4. The highest BCUT2D eigenvalue weighted by molar-refractivity contribution is 7.90. The van der Waals surface area contributed by atoms with Crippen LogP contribution in [-0.4, -0.2) is 32.9 Å². The minimum Gasteiger partial charge on any atom is -0.380 e. The van der Waals surface area contributed by atoms with Crippen LogP contribution in [0, 0.1) is 6.92 Å². The molecule has 0 unspecified atom stereocenters. The summed E-state index contributed by atoms with van der Waals surface area (Å²) in [7, 11) is -6.98. The standard InChI is InChI=1S/C22H20N2O6S2/c1-16-8-10-20(11-9-16)32(27,28)30-21-13-18-12-17(15-29-2)14-23-22(18)24(21)31(25,26)19-6-4-3-5-7-19/h3-14H,15H2,1-2H3. The molecule has 0 aliphatic heterocycles. The Balaban J connectivity index is 1.91. The number of ether oxygens (including phenoxy) is 1. The number of nitrogens with zero attached hydrogens (tertiary/aromatic N) is 2. The van der Waals surface area contributed by atoms with E-state index in [1.165, 1.54) is 43.6 Å². The van der Waals surface area contributed by atoms with E-state index >= 15 is 0 Å². The zero-order valence-corrected chi connectivity index (χ0v) is 18.9. The van der Waals surface area contributed by atoms with Gasteiger partial charge in [-0.25, -0.2) is 13.4 Å². The number of fused-ring (bicyclic) bond motifs is 1. The Morgan fingerprint density at radius 1 is 0.906 bits per heavy atom.